The first-order valence-corrected chi connectivity index (χ1v) is 7.31. The molecule has 1 aromatic carbocycles. The number of rotatable bonds is 4. The first kappa shape index (κ1) is 13.6. The van der Waals surface area contributed by atoms with Crippen LogP contribution in [0.4, 0.5) is 4.39 Å². The minimum absolute atomic E-state index is 0.0265. The molecule has 0 aliphatic carbocycles. The fraction of sp³-hybridized carbons (Fsp3) is 0.400. The van der Waals surface area contributed by atoms with Crippen molar-refractivity contribution in [3.05, 3.63) is 35.6 Å². The zero-order valence-electron chi connectivity index (χ0n) is 8.60. The highest BCUT2D eigenvalue weighted by molar-refractivity contribution is 9.11. The lowest BCUT2D eigenvalue weighted by Crippen LogP contribution is -2.24. The minimum Gasteiger partial charge on any atom is -0.386 e. The van der Waals surface area contributed by atoms with Gasteiger partial charge in [0.25, 0.3) is 0 Å². The lowest BCUT2D eigenvalue weighted by Gasteiger charge is -2.17. The van der Waals surface area contributed by atoms with Crippen molar-refractivity contribution >= 4 is 25.8 Å². The number of hydrogen-bond acceptors (Lipinski definition) is 3. The standard InChI is InChI=1S/C10H12BrFO3S/c1-2-16(14,15)10(11)9(13)7-5-3-4-6-8(7)12/h3-6,9-10,13H,2H2,1H3/t9-,10-/m1/s1. The number of benzene rings is 1. The van der Waals surface area contributed by atoms with Gasteiger partial charge >= 0.3 is 0 Å². The molecule has 3 nitrogen and oxygen atoms in total. The molecule has 0 spiro atoms. The number of alkyl halides is 1. The topological polar surface area (TPSA) is 54.4 Å². The molecule has 1 aromatic rings. The van der Waals surface area contributed by atoms with Crippen molar-refractivity contribution in [1.29, 1.82) is 0 Å². The molecule has 0 heterocycles. The highest BCUT2D eigenvalue weighted by Crippen LogP contribution is 2.28. The van der Waals surface area contributed by atoms with Crippen molar-refractivity contribution in [3.63, 3.8) is 0 Å². The highest BCUT2D eigenvalue weighted by Gasteiger charge is 2.30. The van der Waals surface area contributed by atoms with Crippen LogP contribution in [0.2, 0.25) is 0 Å². The van der Waals surface area contributed by atoms with Gasteiger partial charge in [0.1, 0.15) is 16.1 Å². The van der Waals surface area contributed by atoms with Crippen molar-refractivity contribution in [2.75, 3.05) is 5.75 Å². The van der Waals surface area contributed by atoms with E-state index < -0.39 is 25.9 Å². The third-order valence-corrected chi connectivity index (χ3v) is 6.18. The van der Waals surface area contributed by atoms with Crippen LogP contribution in [-0.2, 0) is 9.84 Å². The summed E-state index contributed by atoms with van der Waals surface area (Å²) in [5.74, 6) is -0.736. The van der Waals surface area contributed by atoms with E-state index >= 15 is 0 Å². The predicted octanol–water partition coefficient (Wildman–Crippen LogP) is 2.01. The molecule has 1 N–H and O–H groups in total. The van der Waals surface area contributed by atoms with E-state index in [4.69, 9.17) is 0 Å². The molecule has 90 valence electrons. The first-order chi connectivity index (χ1) is 7.40. The SMILES string of the molecule is CCS(=O)(=O)[C@@H](Br)[C@H](O)c1ccccc1F. The highest BCUT2D eigenvalue weighted by atomic mass is 79.9. The second kappa shape index (κ2) is 5.25. The van der Waals surface area contributed by atoms with Crippen LogP contribution in [0.25, 0.3) is 0 Å². The maximum Gasteiger partial charge on any atom is 0.165 e. The van der Waals surface area contributed by atoms with E-state index in [0.717, 1.165) is 0 Å². The molecule has 0 bridgehead atoms. The summed E-state index contributed by atoms with van der Waals surface area (Å²) in [6.45, 7) is 1.47. The van der Waals surface area contributed by atoms with Gasteiger partial charge in [0.2, 0.25) is 0 Å². The van der Waals surface area contributed by atoms with Crippen molar-refractivity contribution in [2.45, 2.75) is 17.2 Å². The van der Waals surface area contributed by atoms with Gasteiger partial charge in [0, 0.05) is 11.3 Å². The zero-order chi connectivity index (χ0) is 12.3. The van der Waals surface area contributed by atoms with E-state index in [9.17, 15) is 17.9 Å². The Bertz CT molecular complexity index is 461. The van der Waals surface area contributed by atoms with E-state index in [1.165, 1.54) is 25.1 Å². The summed E-state index contributed by atoms with van der Waals surface area (Å²) in [7, 11) is -3.46. The van der Waals surface area contributed by atoms with Crippen LogP contribution < -0.4 is 0 Å². The Labute approximate surface area is 102 Å². The van der Waals surface area contributed by atoms with Gasteiger partial charge in [-0.25, -0.2) is 12.8 Å². The van der Waals surface area contributed by atoms with Crippen molar-refractivity contribution in [3.8, 4) is 0 Å². The third-order valence-electron chi connectivity index (χ3n) is 2.22. The van der Waals surface area contributed by atoms with E-state index in [-0.39, 0.29) is 11.3 Å². The molecule has 0 saturated carbocycles. The maximum atomic E-state index is 13.3. The normalized spacial score (nSPS) is 15.8. The fourth-order valence-electron chi connectivity index (χ4n) is 1.21. The van der Waals surface area contributed by atoms with Crippen LogP contribution in [0.3, 0.4) is 0 Å². The number of aliphatic hydroxyl groups excluding tert-OH is 1. The van der Waals surface area contributed by atoms with Crippen LogP contribution >= 0.6 is 15.9 Å². The second-order valence-electron chi connectivity index (χ2n) is 3.27. The van der Waals surface area contributed by atoms with Gasteiger partial charge < -0.3 is 5.11 Å². The monoisotopic (exact) mass is 310 g/mol. The molecule has 0 aromatic heterocycles. The Balaban J connectivity index is 3.04. The summed E-state index contributed by atoms with van der Waals surface area (Å²) in [5, 5.41) is 9.77. The molecule has 0 fully saturated rings. The summed E-state index contributed by atoms with van der Waals surface area (Å²) in [5.41, 5.74) is -0.0265. The summed E-state index contributed by atoms with van der Waals surface area (Å²) < 4.78 is 35.1. The van der Waals surface area contributed by atoms with Gasteiger partial charge in [-0.3, -0.25) is 0 Å². The molecule has 1 rings (SSSR count). The van der Waals surface area contributed by atoms with E-state index in [1.54, 1.807) is 6.07 Å². The summed E-state index contributed by atoms with van der Waals surface area (Å²) in [6.07, 6.45) is -1.41. The van der Waals surface area contributed by atoms with E-state index in [2.05, 4.69) is 15.9 Å². The molecule has 6 heteroatoms. The molecule has 0 amide bonds. The van der Waals surface area contributed by atoms with Crippen LogP contribution in [0.1, 0.15) is 18.6 Å². The Morgan fingerprint density at radius 2 is 2.00 bits per heavy atom. The fourth-order valence-corrected chi connectivity index (χ4v) is 3.15. The Morgan fingerprint density at radius 1 is 1.44 bits per heavy atom. The van der Waals surface area contributed by atoms with Crippen LogP contribution in [0.15, 0.2) is 24.3 Å². The Hall–Kier alpha value is -0.460. The molecule has 0 radical (unpaired) electrons. The predicted molar refractivity (Wildman–Crippen MR) is 63.5 cm³/mol. The molecule has 2 atom stereocenters. The average molecular weight is 311 g/mol. The molecule has 0 aliphatic heterocycles. The van der Waals surface area contributed by atoms with Gasteiger partial charge in [-0.2, -0.15) is 0 Å². The van der Waals surface area contributed by atoms with Gasteiger partial charge in [0.05, 0.1) is 0 Å². The number of hydrogen-bond donors (Lipinski definition) is 1. The van der Waals surface area contributed by atoms with Gasteiger partial charge in [-0.1, -0.05) is 41.1 Å². The van der Waals surface area contributed by atoms with E-state index in [0.29, 0.717) is 0 Å². The quantitative estimate of drug-likeness (QED) is 0.866. The summed E-state index contributed by atoms with van der Waals surface area (Å²) >= 11 is 2.89. The van der Waals surface area contributed by atoms with Gasteiger partial charge in [-0.05, 0) is 6.07 Å². The van der Waals surface area contributed by atoms with Crippen LogP contribution in [-0.4, -0.2) is 23.4 Å². The molecular formula is C10H12BrFO3S. The largest absolute Gasteiger partial charge is 0.386 e. The Kier molecular flexibility index (Phi) is 4.46. The molecule has 0 aliphatic rings. The molecular weight excluding hydrogens is 299 g/mol. The summed E-state index contributed by atoms with van der Waals surface area (Å²) in [4.78, 5) is 0. The third kappa shape index (κ3) is 2.81. The summed E-state index contributed by atoms with van der Waals surface area (Å²) in [6, 6.07) is 5.55. The zero-order valence-corrected chi connectivity index (χ0v) is 11.0. The molecule has 16 heavy (non-hydrogen) atoms. The first-order valence-electron chi connectivity index (χ1n) is 4.68. The van der Waals surface area contributed by atoms with Crippen molar-refractivity contribution in [1.82, 2.24) is 0 Å². The minimum atomic E-state index is -3.46. The second-order valence-corrected chi connectivity index (χ2v) is 7.27. The van der Waals surface area contributed by atoms with Crippen molar-refractivity contribution in [2.24, 2.45) is 0 Å². The number of aliphatic hydroxyl groups is 1. The maximum absolute atomic E-state index is 13.3. The molecule has 0 saturated heterocycles. The lowest BCUT2D eigenvalue weighted by atomic mass is 10.1. The van der Waals surface area contributed by atoms with E-state index in [1.807, 2.05) is 0 Å². The number of sulfone groups is 1. The van der Waals surface area contributed by atoms with Gasteiger partial charge in [-0.15, -0.1) is 0 Å². The lowest BCUT2D eigenvalue weighted by molar-refractivity contribution is 0.190. The average Bonchev–Trinajstić information content (AvgIpc) is 2.27. The Morgan fingerprint density at radius 3 is 2.50 bits per heavy atom. The van der Waals surface area contributed by atoms with Crippen LogP contribution in [0, 0.1) is 5.82 Å². The van der Waals surface area contributed by atoms with Gasteiger partial charge in [0.15, 0.2) is 9.84 Å². The molecule has 0 unspecified atom stereocenters. The number of halogens is 2. The smallest absolute Gasteiger partial charge is 0.165 e. The van der Waals surface area contributed by atoms with Crippen LogP contribution in [0.5, 0.6) is 0 Å². The van der Waals surface area contributed by atoms with Crippen molar-refractivity contribution < 1.29 is 17.9 Å².